The van der Waals surface area contributed by atoms with E-state index in [9.17, 15) is 24.0 Å². The van der Waals surface area contributed by atoms with Crippen molar-refractivity contribution < 1.29 is 24.0 Å². The van der Waals surface area contributed by atoms with Crippen LogP contribution < -0.4 is 53.2 Å². The van der Waals surface area contributed by atoms with Crippen LogP contribution in [0, 0.1) is 0 Å². The van der Waals surface area contributed by atoms with Gasteiger partial charge in [-0.3, -0.25) is 24.0 Å². The van der Waals surface area contributed by atoms with Crippen molar-refractivity contribution in [3.63, 3.8) is 0 Å². The Balaban J connectivity index is 0.000000204. The average Bonchev–Trinajstić information content (AvgIpc) is 3.91. The number of nitrogens with one attached hydrogen (secondary N) is 6. The summed E-state index contributed by atoms with van der Waals surface area (Å²) in [7, 11) is 3.52. The van der Waals surface area contributed by atoms with Crippen molar-refractivity contribution in [2.45, 2.75) is 55.6 Å². The lowest BCUT2D eigenvalue weighted by Crippen LogP contribution is -2.59. The summed E-state index contributed by atoms with van der Waals surface area (Å²) in [5.41, 5.74) is 13.8. The van der Waals surface area contributed by atoms with E-state index in [-0.39, 0.29) is 35.6 Å². The molecule has 20 heteroatoms. The summed E-state index contributed by atoms with van der Waals surface area (Å²) in [5.74, 6) is -1.14. The monoisotopic (exact) mass is 908 g/mol. The van der Waals surface area contributed by atoms with Gasteiger partial charge in [0, 0.05) is 55.9 Å². The summed E-state index contributed by atoms with van der Waals surface area (Å²) < 4.78 is 0.668. The van der Waals surface area contributed by atoms with Gasteiger partial charge in [0.15, 0.2) is 9.05 Å². The second-order valence-corrected chi connectivity index (χ2v) is 17.5. The van der Waals surface area contributed by atoms with Crippen LogP contribution in [0.2, 0.25) is 0 Å². The van der Waals surface area contributed by atoms with Crippen LogP contribution in [0.3, 0.4) is 0 Å². The molecule has 5 amide bonds. The number of aromatic nitrogens is 2. The normalized spacial score (nSPS) is 18.4. The largest absolute Gasteiger partial charge is 0.370 e. The third-order valence-corrected chi connectivity index (χ3v) is 13.3. The van der Waals surface area contributed by atoms with E-state index in [4.69, 9.17) is 11.5 Å². The Morgan fingerprint density at radius 3 is 1.66 bits per heavy atom. The molecular weight excluding hydrogens is 861 g/mol. The third kappa shape index (κ3) is 10.4. The number of carbonyl (C=O) groups is 5. The van der Waals surface area contributed by atoms with Gasteiger partial charge >= 0.3 is 0 Å². The minimum absolute atomic E-state index is 0.0610. The van der Waals surface area contributed by atoms with Crippen LogP contribution in [-0.4, -0.2) is 103 Å². The highest BCUT2D eigenvalue weighted by Gasteiger charge is 2.40. The van der Waals surface area contributed by atoms with Crippen molar-refractivity contribution >= 4 is 96.0 Å². The Hall–Kier alpha value is -5.15. The van der Waals surface area contributed by atoms with Gasteiger partial charge in [-0.15, -0.1) is 22.7 Å². The minimum atomic E-state index is -0.695. The quantitative estimate of drug-likeness (QED) is 0.102. The number of halogens is 1. The lowest BCUT2D eigenvalue weighted by molar-refractivity contribution is -0.125. The fraction of sp³-hybridized carbons (Fsp3) is 0.410. The number of carbonyl (C=O) groups excluding carboxylic acids is 5. The van der Waals surface area contributed by atoms with Crippen molar-refractivity contribution in [1.82, 2.24) is 25.9 Å². The molecule has 10 N–H and O–H groups in total. The lowest BCUT2D eigenvalue weighted by Gasteiger charge is -2.41. The molecule has 0 aliphatic carbocycles. The predicted molar refractivity (Wildman–Crippen MR) is 235 cm³/mol. The number of anilines is 5. The molecule has 2 aromatic heterocycles. The first kappa shape index (κ1) is 43.4. The molecular formula is C39H49BrN12O5S2. The number of benzene rings is 2. The minimum Gasteiger partial charge on any atom is -0.370 e. The Bertz CT molecular complexity index is 2140. The molecule has 2 aromatic carbocycles. The molecule has 4 aromatic rings. The smallest absolute Gasteiger partial charge is 0.275 e. The van der Waals surface area contributed by atoms with E-state index in [1.54, 1.807) is 24.9 Å². The Morgan fingerprint density at radius 1 is 0.763 bits per heavy atom. The number of nitrogens with zero attached hydrogens (tertiary/aromatic N) is 4. The molecule has 3 aliphatic heterocycles. The molecule has 0 saturated carbocycles. The number of thiazole rings is 2. The first-order valence-electron chi connectivity index (χ1n) is 19.2. The van der Waals surface area contributed by atoms with E-state index >= 15 is 0 Å². The van der Waals surface area contributed by atoms with Crippen molar-refractivity contribution in [2.24, 2.45) is 11.5 Å². The van der Waals surface area contributed by atoms with E-state index in [0.717, 1.165) is 23.5 Å². The van der Waals surface area contributed by atoms with Crippen LogP contribution in [0.5, 0.6) is 0 Å². The standard InChI is InChI=1S/C22H29N7O3S.C17H20BrN5O2S/c1-24-22(20(23)32)8-10-29(11-9-22)17-5-3-2-4-15(17)27-19(31)16-13-33-21(28-16)26-14-6-7-18(30)25-12-14;1-20-17(15(19)25)6-8-23(9-7-17)13-5-3-2-4-11(13)21-14(24)12-10-26-16(18)22-12/h2-5,13-14,24H,6-12H2,1H3,(H2,23,32)(H,25,30)(H,26,28)(H,27,31);2-5,10,20H,6-9H2,1H3,(H2,19,25)(H,21,24)/t14-;/m1./s1. The second kappa shape index (κ2) is 19.3. The topological polar surface area (TPSA) is 242 Å². The maximum absolute atomic E-state index is 12.9. The van der Waals surface area contributed by atoms with Gasteiger partial charge in [0.25, 0.3) is 11.8 Å². The lowest BCUT2D eigenvalue weighted by atomic mass is 9.86. The maximum Gasteiger partial charge on any atom is 0.275 e. The maximum atomic E-state index is 12.9. The van der Waals surface area contributed by atoms with Gasteiger partial charge in [-0.2, -0.15) is 0 Å². The molecule has 17 nitrogen and oxygen atoms in total. The zero-order valence-electron chi connectivity index (χ0n) is 32.8. The van der Waals surface area contributed by atoms with Crippen LogP contribution in [-0.2, 0) is 14.4 Å². The van der Waals surface area contributed by atoms with Crippen LogP contribution >= 0.6 is 38.6 Å². The second-order valence-electron chi connectivity index (χ2n) is 14.5. The zero-order chi connectivity index (χ0) is 42.2. The summed E-state index contributed by atoms with van der Waals surface area (Å²) in [6.07, 6.45) is 3.62. The van der Waals surface area contributed by atoms with Crippen LogP contribution in [0.4, 0.5) is 27.9 Å². The van der Waals surface area contributed by atoms with Crippen molar-refractivity contribution in [3.8, 4) is 0 Å². The number of para-hydroxylation sites is 4. The summed E-state index contributed by atoms with van der Waals surface area (Å²) in [6, 6.07) is 15.3. The Morgan fingerprint density at radius 2 is 1.24 bits per heavy atom. The highest BCUT2D eigenvalue weighted by Crippen LogP contribution is 2.33. The number of piperidine rings is 3. The molecule has 0 radical (unpaired) electrons. The van der Waals surface area contributed by atoms with Crippen molar-refractivity contribution in [1.29, 1.82) is 0 Å². The zero-order valence-corrected chi connectivity index (χ0v) is 36.0. The fourth-order valence-corrected chi connectivity index (χ4v) is 9.17. The predicted octanol–water partition coefficient (Wildman–Crippen LogP) is 3.33. The number of rotatable bonds is 12. The van der Waals surface area contributed by atoms with E-state index in [1.807, 2.05) is 48.5 Å². The fourth-order valence-electron chi connectivity index (χ4n) is 7.41. The number of nitrogens with two attached hydrogens (primary N) is 2. The number of amides is 5. The van der Waals surface area contributed by atoms with Crippen LogP contribution in [0.25, 0.3) is 0 Å². The van der Waals surface area contributed by atoms with Gasteiger partial charge in [-0.05, 0) is 86.4 Å². The van der Waals surface area contributed by atoms with E-state index in [0.29, 0.717) is 91.0 Å². The molecule has 3 aliphatic rings. The van der Waals surface area contributed by atoms with Gasteiger partial charge < -0.3 is 53.2 Å². The number of hydrogen-bond acceptors (Lipinski definition) is 14. The Kier molecular flexibility index (Phi) is 14.2. The summed E-state index contributed by atoms with van der Waals surface area (Å²) in [5, 5.41) is 22.3. The van der Waals surface area contributed by atoms with Crippen LogP contribution in [0.1, 0.15) is 59.5 Å². The van der Waals surface area contributed by atoms with E-state index in [1.165, 1.54) is 22.7 Å². The molecule has 5 heterocycles. The van der Waals surface area contributed by atoms with Gasteiger partial charge in [-0.1, -0.05) is 24.3 Å². The molecule has 314 valence electrons. The molecule has 7 rings (SSSR count). The number of hydrogen-bond donors (Lipinski definition) is 8. The first-order valence-corrected chi connectivity index (χ1v) is 21.8. The SMILES string of the molecule is CNC1(C(N)=O)CCN(c2ccccc2NC(=O)c2csc(Br)n2)CC1.CNC1(C(N)=O)CCN(c2ccccc2NC(=O)c2csc(N[C@@H]3CCC(=O)NC3)n2)CC1. The van der Waals surface area contributed by atoms with E-state index in [2.05, 4.69) is 67.6 Å². The van der Waals surface area contributed by atoms with Gasteiger partial charge in [0.05, 0.1) is 22.7 Å². The molecule has 0 spiro atoms. The molecule has 0 unspecified atom stereocenters. The summed E-state index contributed by atoms with van der Waals surface area (Å²) >= 11 is 5.99. The number of likely N-dealkylation sites (N-methyl/N-ethyl adjacent to an activating group) is 2. The third-order valence-electron chi connectivity index (χ3n) is 11.2. The molecule has 0 bridgehead atoms. The molecule has 3 saturated heterocycles. The van der Waals surface area contributed by atoms with E-state index < -0.39 is 11.1 Å². The van der Waals surface area contributed by atoms with Gasteiger partial charge in [0.1, 0.15) is 22.5 Å². The highest BCUT2D eigenvalue weighted by atomic mass is 79.9. The number of primary amides is 2. The van der Waals surface area contributed by atoms with Gasteiger partial charge in [0.2, 0.25) is 17.7 Å². The Labute approximate surface area is 358 Å². The highest BCUT2D eigenvalue weighted by molar-refractivity contribution is 9.11. The average molecular weight is 910 g/mol. The van der Waals surface area contributed by atoms with Gasteiger partial charge in [-0.25, -0.2) is 9.97 Å². The van der Waals surface area contributed by atoms with Crippen molar-refractivity contribution in [2.75, 3.05) is 72.6 Å². The molecule has 1 atom stereocenters. The van der Waals surface area contributed by atoms with Crippen LogP contribution in [0.15, 0.2) is 63.2 Å². The summed E-state index contributed by atoms with van der Waals surface area (Å²) in [4.78, 5) is 73.2. The summed E-state index contributed by atoms with van der Waals surface area (Å²) in [6.45, 7) is 3.16. The first-order chi connectivity index (χ1) is 28.3. The molecule has 59 heavy (non-hydrogen) atoms. The molecule has 3 fully saturated rings. The van der Waals surface area contributed by atoms with Crippen molar-refractivity contribution in [3.05, 3.63) is 74.6 Å².